The summed E-state index contributed by atoms with van der Waals surface area (Å²) in [6.07, 6.45) is 5.77. The van der Waals surface area contributed by atoms with Gasteiger partial charge in [0.15, 0.2) is 5.82 Å². The molecular formula is C14H15N3OS. The maximum absolute atomic E-state index is 11.8. The van der Waals surface area contributed by atoms with E-state index in [2.05, 4.69) is 15.5 Å². The molecule has 1 aliphatic rings. The third-order valence-electron chi connectivity index (χ3n) is 3.24. The number of aromatic nitrogens is 2. The fraction of sp³-hybridized carbons (Fsp3) is 0.286. The maximum atomic E-state index is 11.8. The molecule has 1 saturated carbocycles. The molecule has 0 aliphatic heterocycles. The minimum atomic E-state index is -0.150. The second-order valence-electron chi connectivity index (χ2n) is 4.76. The Hall–Kier alpha value is -1.88. The number of carbonyl (C=O) groups excluding carboxylic acids is 1. The predicted octanol–water partition coefficient (Wildman–Crippen LogP) is 3.31. The summed E-state index contributed by atoms with van der Waals surface area (Å²) in [6, 6.07) is 1.97. The van der Waals surface area contributed by atoms with Crippen LogP contribution in [0.5, 0.6) is 0 Å². The molecule has 0 saturated heterocycles. The van der Waals surface area contributed by atoms with Crippen LogP contribution in [0.15, 0.2) is 22.9 Å². The molecule has 19 heavy (non-hydrogen) atoms. The first-order chi connectivity index (χ1) is 9.24. The Kier molecular flexibility index (Phi) is 3.21. The van der Waals surface area contributed by atoms with Crippen LogP contribution < -0.4 is 5.32 Å². The van der Waals surface area contributed by atoms with Gasteiger partial charge < -0.3 is 5.32 Å². The van der Waals surface area contributed by atoms with Gasteiger partial charge >= 0.3 is 0 Å². The van der Waals surface area contributed by atoms with Crippen molar-refractivity contribution in [2.45, 2.75) is 25.7 Å². The summed E-state index contributed by atoms with van der Waals surface area (Å²) in [6.45, 7) is 2.00. The van der Waals surface area contributed by atoms with Crippen molar-refractivity contribution in [1.29, 1.82) is 0 Å². The lowest BCUT2D eigenvalue weighted by Gasteiger charge is -1.99. The van der Waals surface area contributed by atoms with E-state index in [0.717, 1.165) is 16.8 Å². The van der Waals surface area contributed by atoms with Gasteiger partial charge in [0.05, 0.1) is 0 Å². The number of H-pyrrole nitrogens is 1. The van der Waals surface area contributed by atoms with Crippen LogP contribution in [0.2, 0.25) is 0 Å². The molecular weight excluding hydrogens is 258 g/mol. The Labute approximate surface area is 115 Å². The molecule has 4 nitrogen and oxygen atoms in total. The highest BCUT2D eigenvalue weighted by Gasteiger charge is 2.28. The van der Waals surface area contributed by atoms with Gasteiger partial charge in [-0.2, -0.15) is 16.4 Å². The van der Waals surface area contributed by atoms with Crippen LogP contribution in [-0.4, -0.2) is 16.1 Å². The largest absolute Gasteiger partial charge is 0.305 e. The highest BCUT2D eigenvalue weighted by Crippen LogP contribution is 2.41. The Morgan fingerprint density at radius 2 is 2.42 bits per heavy atom. The average Bonchev–Trinajstić information content (AvgIpc) is 2.98. The highest BCUT2D eigenvalue weighted by atomic mass is 32.1. The van der Waals surface area contributed by atoms with Gasteiger partial charge in [0.2, 0.25) is 5.91 Å². The summed E-state index contributed by atoms with van der Waals surface area (Å²) in [4.78, 5) is 11.8. The molecule has 0 radical (unpaired) electrons. The average molecular weight is 273 g/mol. The molecule has 2 N–H and O–H groups in total. The minimum Gasteiger partial charge on any atom is -0.305 e. The van der Waals surface area contributed by atoms with E-state index < -0.39 is 0 Å². The number of thiophene rings is 1. The van der Waals surface area contributed by atoms with Gasteiger partial charge in [-0.05, 0) is 48.2 Å². The molecule has 0 unspecified atom stereocenters. The van der Waals surface area contributed by atoms with Crippen molar-refractivity contribution in [3.8, 4) is 0 Å². The first kappa shape index (κ1) is 12.2. The molecule has 0 spiro atoms. The van der Waals surface area contributed by atoms with Gasteiger partial charge in [-0.3, -0.25) is 9.89 Å². The lowest BCUT2D eigenvalue weighted by atomic mass is 10.2. The van der Waals surface area contributed by atoms with E-state index in [1.54, 1.807) is 17.4 Å². The first-order valence-electron chi connectivity index (χ1n) is 6.30. The number of aromatic amines is 1. The smallest absolute Gasteiger partial charge is 0.249 e. The molecule has 2 aromatic rings. The minimum absolute atomic E-state index is 0.150. The molecule has 3 rings (SSSR count). The van der Waals surface area contributed by atoms with Crippen LogP contribution in [0.4, 0.5) is 5.82 Å². The quantitative estimate of drug-likeness (QED) is 0.840. The topological polar surface area (TPSA) is 57.8 Å². The first-order valence-corrected chi connectivity index (χ1v) is 7.24. The lowest BCUT2D eigenvalue weighted by Crippen LogP contribution is -2.09. The van der Waals surface area contributed by atoms with E-state index in [9.17, 15) is 4.79 Å². The van der Waals surface area contributed by atoms with E-state index in [-0.39, 0.29) is 5.91 Å². The van der Waals surface area contributed by atoms with Crippen molar-refractivity contribution in [3.05, 3.63) is 39.7 Å². The van der Waals surface area contributed by atoms with Gasteiger partial charge in [-0.25, -0.2) is 0 Å². The van der Waals surface area contributed by atoms with E-state index in [4.69, 9.17) is 0 Å². The van der Waals surface area contributed by atoms with E-state index in [1.807, 2.05) is 23.8 Å². The Morgan fingerprint density at radius 3 is 3.11 bits per heavy atom. The summed E-state index contributed by atoms with van der Waals surface area (Å²) < 4.78 is 0. The van der Waals surface area contributed by atoms with Crippen molar-refractivity contribution in [1.82, 2.24) is 10.2 Å². The Morgan fingerprint density at radius 1 is 1.58 bits per heavy atom. The van der Waals surface area contributed by atoms with Gasteiger partial charge in [-0.1, -0.05) is 0 Å². The van der Waals surface area contributed by atoms with E-state index >= 15 is 0 Å². The zero-order chi connectivity index (χ0) is 13.2. The highest BCUT2D eigenvalue weighted by molar-refractivity contribution is 7.08. The van der Waals surface area contributed by atoms with Crippen molar-refractivity contribution in [2.75, 3.05) is 5.32 Å². The number of nitrogens with one attached hydrogen (secondary N) is 2. The van der Waals surface area contributed by atoms with Crippen molar-refractivity contribution >= 4 is 29.1 Å². The molecule has 1 amide bonds. The molecule has 0 aromatic carbocycles. The monoisotopic (exact) mass is 273 g/mol. The van der Waals surface area contributed by atoms with Crippen LogP contribution in [0, 0.1) is 6.92 Å². The molecule has 1 fully saturated rings. The van der Waals surface area contributed by atoms with Crippen LogP contribution in [0.1, 0.15) is 35.6 Å². The van der Waals surface area contributed by atoms with E-state index in [0.29, 0.717) is 11.7 Å². The molecule has 1 aliphatic carbocycles. The molecule has 2 heterocycles. The fourth-order valence-corrected chi connectivity index (χ4v) is 2.63. The summed E-state index contributed by atoms with van der Waals surface area (Å²) in [5.41, 5.74) is 3.26. The van der Waals surface area contributed by atoms with Crippen LogP contribution >= 0.6 is 11.3 Å². The number of hydrogen-bond acceptors (Lipinski definition) is 3. The molecule has 98 valence electrons. The van der Waals surface area contributed by atoms with Gasteiger partial charge in [0.25, 0.3) is 0 Å². The van der Waals surface area contributed by atoms with Gasteiger partial charge in [0, 0.05) is 23.3 Å². The fourth-order valence-electron chi connectivity index (χ4n) is 2.00. The van der Waals surface area contributed by atoms with Crippen LogP contribution in [0.3, 0.4) is 0 Å². The Balaban J connectivity index is 1.66. The third kappa shape index (κ3) is 2.76. The number of amides is 1. The second-order valence-corrected chi connectivity index (χ2v) is 5.54. The summed E-state index contributed by atoms with van der Waals surface area (Å²) in [7, 11) is 0. The van der Waals surface area contributed by atoms with Crippen LogP contribution in [-0.2, 0) is 4.79 Å². The number of nitrogens with zero attached hydrogens (tertiary/aromatic N) is 1. The summed E-state index contributed by atoms with van der Waals surface area (Å²) in [5, 5.41) is 14.0. The predicted molar refractivity (Wildman–Crippen MR) is 77.3 cm³/mol. The molecule has 5 heteroatoms. The molecule has 0 bridgehead atoms. The standard InChI is InChI=1S/C14H15N3OS/c1-9-13(11-3-4-11)16-17-14(9)15-12(18)5-2-10-6-7-19-8-10/h2,5-8,11H,3-4H2,1H3,(H2,15,16,17,18)/b5-2-. The van der Waals surface area contributed by atoms with Crippen molar-refractivity contribution in [3.63, 3.8) is 0 Å². The second kappa shape index (κ2) is 5.01. The Bertz CT molecular complexity index is 609. The van der Waals surface area contributed by atoms with Crippen molar-refractivity contribution in [2.24, 2.45) is 0 Å². The van der Waals surface area contributed by atoms with Crippen molar-refractivity contribution < 1.29 is 4.79 Å². The number of carbonyl (C=O) groups is 1. The summed E-state index contributed by atoms with van der Waals surface area (Å²) >= 11 is 1.61. The van der Waals surface area contributed by atoms with Gasteiger partial charge in [0.1, 0.15) is 0 Å². The number of anilines is 1. The maximum Gasteiger partial charge on any atom is 0.249 e. The molecule has 2 aromatic heterocycles. The molecule has 0 atom stereocenters. The number of hydrogen-bond donors (Lipinski definition) is 2. The number of rotatable bonds is 4. The third-order valence-corrected chi connectivity index (χ3v) is 3.95. The van der Waals surface area contributed by atoms with E-state index in [1.165, 1.54) is 18.9 Å². The SMILES string of the molecule is Cc1c(NC(=O)/C=C\c2ccsc2)n[nH]c1C1CC1. The zero-order valence-corrected chi connectivity index (χ0v) is 11.5. The van der Waals surface area contributed by atoms with Gasteiger partial charge in [-0.15, -0.1) is 0 Å². The summed E-state index contributed by atoms with van der Waals surface area (Å²) in [5.74, 6) is 1.10. The zero-order valence-electron chi connectivity index (χ0n) is 10.6. The van der Waals surface area contributed by atoms with Crippen LogP contribution in [0.25, 0.3) is 6.08 Å². The normalized spacial score (nSPS) is 15.0. The lowest BCUT2D eigenvalue weighted by molar-refractivity contribution is -0.111.